The van der Waals surface area contributed by atoms with Crippen molar-refractivity contribution in [1.29, 1.82) is 0 Å². The van der Waals surface area contributed by atoms with Gasteiger partial charge in [-0.1, -0.05) is 11.3 Å². The number of fused-ring (bicyclic) bond motifs is 1. The van der Waals surface area contributed by atoms with E-state index in [1.807, 2.05) is 0 Å². The Balaban J connectivity index is 1.99. The maximum Gasteiger partial charge on any atom is 0.573 e. The molecule has 0 spiro atoms. The van der Waals surface area contributed by atoms with E-state index < -0.39 is 41.2 Å². The topological polar surface area (TPSA) is 85.2 Å². The van der Waals surface area contributed by atoms with E-state index in [2.05, 4.69) is 9.73 Å². The molecule has 0 aromatic carbocycles. The zero-order chi connectivity index (χ0) is 21.5. The molecule has 0 atom stereocenters. The minimum absolute atomic E-state index is 0.0226. The van der Waals surface area contributed by atoms with Gasteiger partial charge in [0, 0.05) is 17.7 Å². The zero-order valence-electron chi connectivity index (χ0n) is 15.0. The highest BCUT2D eigenvalue weighted by Crippen LogP contribution is 2.42. The number of hydrogen-bond acceptors (Lipinski definition) is 6. The van der Waals surface area contributed by atoms with Crippen LogP contribution in [-0.4, -0.2) is 36.0 Å². The predicted octanol–water partition coefficient (Wildman–Crippen LogP) is 4.56. The lowest BCUT2D eigenvalue weighted by Gasteiger charge is -2.20. The molecule has 3 rings (SSSR count). The molecule has 1 N–H and O–H groups in total. The number of halogens is 4. The number of allylic oxidation sites excluding steroid dienone is 4. The van der Waals surface area contributed by atoms with Gasteiger partial charge < -0.3 is 14.6 Å². The van der Waals surface area contributed by atoms with Crippen LogP contribution in [0.15, 0.2) is 51.1 Å². The molecule has 29 heavy (non-hydrogen) atoms. The summed E-state index contributed by atoms with van der Waals surface area (Å²) in [5, 5.41) is 8.51. The van der Waals surface area contributed by atoms with Crippen LogP contribution in [-0.2, 0) is 9.53 Å². The first-order valence-corrected chi connectivity index (χ1v) is 8.91. The van der Waals surface area contributed by atoms with E-state index in [-0.39, 0.29) is 33.7 Å². The smallest absolute Gasteiger partial charge is 0.493 e. The fourth-order valence-corrected chi connectivity index (χ4v) is 3.93. The van der Waals surface area contributed by atoms with Gasteiger partial charge in [0.1, 0.15) is 0 Å². The highest BCUT2D eigenvalue weighted by atomic mass is 32.1. The average Bonchev–Trinajstić information content (AvgIpc) is 3.17. The second kappa shape index (κ2) is 7.47. The largest absolute Gasteiger partial charge is 0.573 e. The second-order valence-electron chi connectivity index (χ2n) is 6.07. The summed E-state index contributed by atoms with van der Waals surface area (Å²) in [6.07, 6.45) is -5.51. The summed E-state index contributed by atoms with van der Waals surface area (Å²) < 4.78 is 60.9. The fraction of sp³-hybridized carbons (Fsp3) is 0.278. The van der Waals surface area contributed by atoms with Crippen LogP contribution in [0.25, 0.3) is 0 Å². The van der Waals surface area contributed by atoms with Crippen molar-refractivity contribution in [3.05, 3.63) is 51.0 Å². The molecule has 0 amide bonds. The number of carboxylic acid groups (broad SMARTS) is 1. The first-order chi connectivity index (χ1) is 13.5. The van der Waals surface area contributed by atoms with Gasteiger partial charge in [0.2, 0.25) is 5.78 Å². The molecule has 0 saturated heterocycles. The lowest BCUT2D eigenvalue weighted by atomic mass is 9.87. The molecule has 1 aromatic heterocycles. The number of Topliss-reactive ketones (excluding diaryl/α,β-unsaturated/α-hetero) is 1. The van der Waals surface area contributed by atoms with Crippen LogP contribution in [0.5, 0.6) is 5.06 Å². The molecule has 2 heterocycles. The van der Waals surface area contributed by atoms with Gasteiger partial charge >= 0.3 is 12.3 Å². The van der Waals surface area contributed by atoms with Crippen molar-refractivity contribution in [1.82, 2.24) is 0 Å². The molecule has 1 aromatic rings. The van der Waals surface area contributed by atoms with Gasteiger partial charge in [-0.15, -0.1) is 13.2 Å². The normalized spacial score (nSPS) is 16.8. The van der Waals surface area contributed by atoms with E-state index in [0.717, 1.165) is 19.2 Å². The summed E-state index contributed by atoms with van der Waals surface area (Å²) in [6.45, 7) is 1.53. The number of nitrogens with zero attached hydrogens (tertiary/aromatic N) is 1. The van der Waals surface area contributed by atoms with Crippen molar-refractivity contribution in [3.8, 4) is 5.06 Å². The van der Waals surface area contributed by atoms with Gasteiger partial charge in [-0.3, -0.25) is 14.6 Å². The Morgan fingerprint density at radius 2 is 2.00 bits per heavy atom. The number of hydrogen-bond donors (Lipinski definition) is 1. The lowest BCUT2D eigenvalue weighted by molar-refractivity contribution is -0.273. The van der Waals surface area contributed by atoms with Gasteiger partial charge in [0.15, 0.2) is 16.6 Å². The third-order valence-corrected chi connectivity index (χ3v) is 5.16. The summed E-state index contributed by atoms with van der Waals surface area (Å²) in [7, 11) is 1.14. The first kappa shape index (κ1) is 20.8. The molecular formula is C18H13F4NO5S. The monoisotopic (exact) mass is 431 g/mol. The minimum Gasteiger partial charge on any atom is -0.493 e. The van der Waals surface area contributed by atoms with Crippen LogP contribution in [0.2, 0.25) is 0 Å². The Morgan fingerprint density at radius 3 is 2.59 bits per heavy atom. The molecule has 0 bridgehead atoms. The molecule has 1 aliphatic carbocycles. The van der Waals surface area contributed by atoms with Gasteiger partial charge in [-0.25, -0.2) is 4.39 Å². The Hall–Kier alpha value is -2.95. The fourth-order valence-electron chi connectivity index (χ4n) is 3.09. The van der Waals surface area contributed by atoms with Crippen LogP contribution >= 0.6 is 11.3 Å². The average molecular weight is 431 g/mol. The number of ketones is 1. The Morgan fingerprint density at radius 1 is 1.31 bits per heavy atom. The van der Waals surface area contributed by atoms with Crippen molar-refractivity contribution < 1.29 is 41.7 Å². The molecule has 0 radical (unpaired) electrons. The lowest BCUT2D eigenvalue weighted by Crippen LogP contribution is -2.19. The van der Waals surface area contributed by atoms with Crippen molar-refractivity contribution in [2.24, 2.45) is 4.99 Å². The molecule has 0 unspecified atom stereocenters. The van der Waals surface area contributed by atoms with E-state index in [1.165, 1.54) is 6.92 Å². The number of carbonyl (C=O) groups is 2. The van der Waals surface area contributed by atoms with E-state index >= 15 is 4.39 Å². The van der Waals surface area contributed by atoms with E-state index in [1.54, 1.807) is 0 Å². The number of aliphatic imine (C=N–C) groups is 1. The van der Waals surface area contributed by atoms with Gasteiger partial charge in [0.25, 0.3) is 0 Å². The maximum atomic E-state index is 15.1. The quantitative estimate of drug-likeness (QED) is 0.527. The number of alkyl halides is 3. The van der Waals surface area contributed by atoms with Crippen molar-refractivity contribution in [2.45, 2.75) is 26.1 Å². The van der Waals surface area contributed by atoms with Crippen LogP contribution in [0, 0.1) is 0 Å². The highest BCUT2D eigenvalue weighted by molar-refractivity contribution is 7.16. The Kier molecular flexibility index (Phi) is 5.35. The molecule has 154 valence electrons. The van der Waals surface area contributed by atoms with Crippen molar-refractivity contribution >= 4 is 28.8 Å². The van der Waals surface area contributed by atoms with E-state index in [0.29, 0.717) is 17.0 Å². The molecule has 11 heteroatoms. The summed E-state index contributed by atoms with van der Waals surface area (Å²) in [5.74, 6) is -3.23. The van der Waals surface area contributed by atoms with Gasteiger partial charge in [-0.05, 0) is 24.6 Å². The number of thiophene rings is 1. The van der Waals surface area contributed by atoms with E-state index in [9.17, 15) is 22.8 Å². The molecule has 2 aliphatic rings. The molecule has 0 saturated carbocycles. The summed E-state index contributed by atoms with van der Waals surface area (Å²) in [5.41, 5.74) is 0.517. The first-order valence-electron chi connectivity index (χ1n) is 8.09. The molecule has 0 fully saturated rings. The summed E-state index contributed by atoms with van der Waals surface area (Å²) in [6, 6.07) is 2.13. The van der Waals surface area contributed by atoms with Crippen LogP contribution in [0.4, 0.5) is 17.6 Å². The molecular weight excluding hydrogens is 418 g/mol. The van der Waals surface area contributed by atoms with Crippen molar-refractivity contribution in [3.63, 3.8) is 0 Å². The van der Waals surface area contributed by atoms with E-state index in [4.69, 9.17) is 9.84 Å². The number of rotatable bonds is 6. The number of ether oxygens (including phenoxy) is 2. The Bertz CT molecular complexity index is 1030. The predicted molar refractivity (Wildman–Crippen MR) is 94.5 cm³/mol. The second-order valence-corrected chi connectivity index (χ2v) is 7.11. The Labute approximate surface area is 165 Å². The number of aliphatic carboxylic acids is 1. The third kappa shape index (κ3) is 4.09. The number of carbonyl (C=O) groups excluding carboxylic acids is 1. The number of carboxylic acids is 1. The third-order valence-electron chi connectivity index (χ3n) is 4.19. The zero-order valence-corrected chi connectivity index (χ0v) is 15.8. The summed E-state index contributed by atoms with van der Waals surface area (Å²) in [4.78, 5) is 27.9. The van der Waals surface area contributed by atoms with Crippen molar-refractivity contribution in [2.75, 3.05) is 7.11 Å². The summed E-state index contributed by atoms with van der Waals surface area (Å²) >= 11 is 0.462. The van der Waals surface area contributed by atoms with Gasteiger partial charge in [0.05, 0.1) is 29.7 Å². The minimum atomic E-state index is -4.90. The molecule has 1 aliphatic heterocycles. The number of methoxy groups -OCH3 is 1. The maximum absolute atomic E-state index is 15.1. The SMILES string of the molecule is COC1=C(C(=O)c2ccc(OC(F)(F)F)s2)CC2=NC(C)=C(CC(=O)O)C2=C1F. The van der Waals surface area contributed by atoms with Gasteiger partial charge in [-0.2, -0.15) is 0 Å². The van der Waals surface area contributed by atoms with Crippen LogP contribution in [0.1, 0.15) is 29.4 Å². The van der Waals surface area contributed by atoms with Crippen LogP contribution < -0.4 is 4.74 Å². The van der Waals surface area contributed by atoms with Crippen LogP contribution in [0.3, 0.4) is 0 Å². The molecule has 6 nitrogen and oxygen atoms in total. The highest BCUT2D eigenvalue weighted by Gasteiger charge is 2.37. The standard InChI is InChI=1S/C18H13F4NO5S/c1-7-8(6-12(24)25)14-10(23-7)5-9(17(27-2)15(14)19)16(26)11-3-4-13(29-11)28-18(20,21)22/h3-4H,5-6H2,1-2H3,(H,24,25).